The lowest BCUT2D eigenvalue weighted by atomic mass is 9.78. The van der Waals surface area contributed by atoms with Gasteiger partial charge in [0.15, 0.2) is 0 Å². The molecule has 2 rings (SSSR count). The van der Waals surface area contributed by atoms with Crippen LogP contribution in [0.1, 0.15) is 38.8 Å². The highest BCUT2D eigenvalue weighted by Gasteiger charge is 2.23. The molecule has 2 aromatic carbocycles. The smallest absolute Gasteiger partial charge is 0.335 e. The second-order valence-corrected chi connectivity index (χ2v) is 6.52. The zero-order valence-electron chi connectivity index (χ0n) is 16.1. The van der Waals surface area contributed by atoms with E-state index < -0.39 is 11.9 Å². The summed E-state index contributed by atoms with van der Waals surface area (Å²) in [6.45, 7) is 7.74. The van der Waals surface area contributed by atoms with Gasteiger partial charge in [-0.3, -0.25) is 0 Å². The van der Waals surface area contributed by atoms with Crippen molar-refractivity contribution >= 4 is 11.9 Å². The van der Waals surface area contributed by atoms with Crippen LogP contribution in [0.5, 0.6) is 11.5 Å². The van der Waals surface area contributed by atoms with Crippen LogP contribution in [0.15, 0.2) is 72.8 Å². The fraction of sp³-hybridized carbons (Fsp3) is 0.217. The van der Waals surface area contributed by atoms with Gasteiger partial charge in [-0.05, 0) is 49.2 Å². The molecule has 27 heavy (non-hydrogen) atoms. The number of allylic oxidation sites excluding steroid dienone is 2. The summed E-state index contributed by atoms with van der Waals surface area (Å²) in [5, 5.41) is 0. The van der Waals surface area contributed by atoms with Crippen LogP contribution in [-0.4, -0.2) is 11.9 Å². The van der Waals surface area contributed by atoms with Gasteiger partial charge in [0, 0.05) is 17.6 Å². The summed E-state index contributed by atoms with van der Waals surface area (Å²) in [5.41, 5.74) is 1.89. The first kappa shape index (κ1) is 20.2. The molecule has 0 saturated carbocycles. The summed E-state index contributed by atoms with van der Waals surface area (Å²) in [5.74, 6) is 0.216. The van der Waals surface area contributed by atoms with E-state index in [0.29, 0.717) is 11.5 Å². The molecule has 0 aliphatic rings. The Morgan fingerprint density at radius 3 is 1.33 bits per heavy atom. The van der Waals surface area contributed by atoms with Gasteiger partial charge in [0.05, 0.1) is 0 Å². The van der Waals surface area contributed by atoms with Crippen LogP contribution in [0.25, 0.3) is 0 Å². The number of carbonyl (C=O) groups is 2. The number of rotatable bonds is 6. The normalized spacial score (nSPS) is 11.7. The van der Waals surface area contributed by atoms with Gasteiger partial charge in [-0.2, -0.15) is 0 Å². The van der Waals surface area contributed by atoms with Crippen LogP contribution in [-0.2, 0) is 15.0 Å². The van der Waals surface area contributed by atoms with E-state index >= 15 is 0 Å². The topological polar surface area (TPSA) is 52.6 Å². The quantitative estimate of drug-likeness (QED) is 0.412. The van der Waals surface area contributed by atoms with Crippen LogP contribution < -0.4 is 9.47 Å². The van der Waals surface area contributed by atoms with E-state index in [4.69, 9.17) is 9.47 Å². The predicted molar refractivity (Wildman–Crippen MR) is 106 cm³/mol. The third kappa shape index (κ3) is 5.42. The van der Waals surface area contributed by atoms with Crippen molar-refractivity contribution in [2.75, 3.05) is 0 Å². The summed E-state index contributed by atoms with van der Waals surface area (Å²) in [7, 11) is 0. The Balaban J connectivity index is 2.15. The van der Waals surface area contributed by atoms with Gasteiger partial charge < -0.3 is 9.47 Å². The summed E-state index contributed by atoms with van der Waals surface area (Å²) in [6.07, 6.45) is 6.03. The van der Waals surface area contributed by atoms with Crippen molar-refractivity contribution < 1.29 is 19.1 Å². The van der Waals surface area contributed by atoms with Crippen molar-refractivity contribution in [3.8, 4) is 11.5 Å². The lowest BCUT2D eigenvalue weighted by Crippen LogP contribution is -2.18. The first-order valence-corrected chi connectivity index (χ1v) is 8.77. The molecule has 4 heteroatoms. The molecule has 0 amide bonds. The summed E-state index contributed by atoms with van der Waals surface area (Å²) < 4.78 is 10.4. The molecule has 0 spiro atoms. The molecule has 0 aromatic heterocycles. The summed E-state index contributed by atoms with van der Waals surface area (Å²) >= 11 is 0. The Labute approximate surface area is 160 Å². The number of hydrogen-bond donors (Lipinski definition) is 0. The van der Waals surface area contributed by atoms with E-state index in [0.717, 1.165) is 11.1 Å². The van der Waals surface area contributed by atoms with Crippen molar-refractivity contribution in [1.29, 1.82) is 0 Å². The largest absolute Gasteiger partial charge is 0.423 e. The number of esters is 2. The van der Waals surface area contributed by atoms with E-state index in [9.17, 15) is 9.59 Å². The second kappa shape index (κ2) is 8.99. The molecular formula is C23H24O4. The fourth-order valence-corrected chi connectivity index (χ4v) is 2.62. The molecule has 0 heterocycles. The minimum atomic E-state index is -0.396. The van der Waals surface area contributed by atoms with Crippen LogP contribution in [0.3, 0.4) is 0 Å². The third-order valence-corrected chi connectivity index (χ3v) is 4.19. The maximum atomic E-state index is 11.5. The predicted octanol–water partition coefficient (Wildman–Crippen LogP) is 4.98. The highest BCUT2D eigenvalue weighted by Crippen LogP contribution is 2.33. The number of hydrogen-bond acceptors (Lipinski definition) is 4. The lowest BCUT2D eigenvalue weighted by Gasteiger charge is -2.26. The van der Waals surface area contributed by atoms with E-state index in [1.165, 1.54) is 12.2 Å². The minimum absolute atomic E-state index is 0.266. The van der Waals surface area contributed by atoms with Crippen molar-refractivity contribution in [3.63, 3.8) is 0 Å². The summed E-state index contributed by atoms with van der Waals surface area (Å²) in [6, 6.07) is 14.9. The van der Waals surface area contributed by atoms with Gasteiger partial charge in [-0.15, -0.1) is 0 Å². The molecule has 0 radical (unpaired) electrons. The standard InChI is InChI=1S/C23H24O4/c1-5-7-21(24)26-19-13-9-17(10-14-19)23(3,4)18-11-15-20(16-12-18)27-22(25)8-6-2/h5-16H,1-4H3. The first-order chi connectivity index (χ1) is 12.9. The van der Waals surface area contributed by atoms with Crippen LogP contribution in [0.2, 0.25) is 0 Å². The number of ether oxygens (including phenoxy) is 2. The molecule has 4 nitrogen and oxygen atoms in total. The van der Waals surface area contributed by atoms with E-state index in [-0.39, 0.29) is 5.41 Å². The van der Waals surface area contributed by atoms with Gasteiger partial charge in [0.1, 0.15) is 11.5 Å². The molecule has 0 bridgehead atoms. The molecular weight excluding hydrogens is 340 g/mol. The maximum Gasteiger partial charge on any atom is 0.335 e. The molecule has 140 valence electrons. The Kier molecular flexibility index (Phi) is 6.72. The minimum Gasteiger partial charge on any atom is -0.423 e. The van der Waals surface area contributed by atoms with Crippen molar-refractivity contribution in [2.45, 2.75) is 33.1 Å². The molecule has 0 unspecified atom stereocenters. The van der Waals surface area contributed by atoms with Gasteiger partial charge in [-0.25, -0.2) is 9.59 Å². The molecule has 0 aliphatic heterocycles. The Morgan fingerprint density at radius 2 is 1.04 bits per heavy atom. The Bertz CT molecular complexity index is 769. The van der Waals surface area contributed by atoms with Gasteiger partial charge in [0.2, 0.25) is 0 Å². The highest BCUT2D eigenvalue weighted by molar-refractivity contribution is 5.84. The van der Waals surface area contributed by atoms with Crippen molar-refractivity contribution in [3.05, 3.63) is 84.0 Å². The van der Waals surface area contributed by atoms with E-state index in [1.54, 1.807) is 50.3 Å². The second-order valence-electron chi connectivity index (χ2n) is 6.52. The number of carbonyl (C=O) groups excluding carboxylic acids is 2. The van der Waals surface area contributed by atoms with Crippen LogP contribution in [0, 0.1) is 0 Å². The molecule has 0 atom stereocenters. The van der Waals surface area contributed by atoms with Crippen LogP contribution in [0.4, 0.5) is 0 Å². The lowest BCUT2D eigenvalue weighted by molar-refractivity contribution is -0.129. The SMILES string of the molecule is CC=CC(=O)Oc1ccc(C(C)(C)c2ccc(OC(=O)C=CC)cc2)cc1. The molecule has 2 aromatic rings. The molecule has 0 fully saturated rings. The van der Waals surface area contributed by atoms with Gasteiger partial charge in [-0.1, -0.05) is 50.3 Å². The molecule has 0 N–H and O–H groups in total. The highest BCUT2D eigenvalue weighted by atomic mass is 16.5. The summed E-state index contributed by atoms with van der Waals surface area (Å²) in [4.78, 5) is 23.0. The van der Waals surface area contributed by atoms with Gasteiger partial charge >= 0.3 is 11.9 Å². The average Bonchev–Trinajstić information content (AvgIpc) is 2.63. The van der Waals surface area contributed by atoms with Crippen molar-refractivity contribution in [1.82, 2.24) is 0 Å². The fourth-order valence-electron chi connectivity index (χ4n) is 2.62. The van der Waals surface area contributed by atoms with E-state index in [2.05, 4.69) is 13.8 Å². The zero-order valence-corrected chi connectivity index (χ0v) is 16.1. The first-order valence-electron chi connectivity index (χ1n) is 8.77. The monoisotopic (exact) mass is 364 g/mol. The van der Waals surface area contributed by atoms with E-state index in [1.807, 2.05) is 24.3 Å². The number of benzene rings is 2. The van der Waals surface area contributed by atoms with Crippen LogP contribution >= 0.6 is 0 Å². The average molecular weight is 364 g/mol. The Morgan fingerprint density at radius 1 is 0.704 bits per heavy atom. The third-order valence-electron chi connectivity index (χ3n) is 4.19. The maximum absolute atomic E-state index is 11.5. The van der Waals surface area contributed by atoms with Gasteiger partial charge in [0.25, 0.3) is 0 Å². The molecule has 0 aliphatic carbocycles. The molecule has 0 saturated heterocycles. The van der Waals surface area contributed by atoms with Crippen molar-refractivity contribution in [2.24, 2.45) is 0 Å². The Hall–Kier alpha value is -3.14. The zero-order chi connectivity index (χ0) is 19.9.